The number of urea groups is 2. The Morgan fingerprint density at radius 1 is 0.771 bits per heavy atom. The third kappa shape index (κ3) is 16.9. The van der Waals surface area contributed by atoms with Crippen LogP contribution in [-0.2, 0) is 27.4 Å². The van der Waals surface area contributed by atoms with Crippen molar-refractivity contribution in [2.24, 2.45) is 15.0 Å². The normalized spacial score (nSPS) is 14.6. The first kappa shape index (κ1) is 59.0. The molecule has 0 unspecified atom stereocenters. The van der Waals surface area contributed by atoms with Crippen molar-refractivity contribution in [1.82, 2.24) is 30.9 Å². The van der Waals surface area contributed by atoms with Crippen molar-refractivity contribution in [2.45, 2.75) is 39.0 Å². The van der Waals surface area contributed by atoms with Crippen LogP contribution in [0.5, 0.6) is 11.5 Å². The summed E-state index contributed by atoms with van der Waals surface area (Å²) < 4.78 is 44.5. The molecule has 0 bridgehead atoms. The SMILES string of the molecule is CCOC(=O)C1=C(O)/C(=C/c2ccc(OCCCCn3cc(CNC(=O)c4cc(NC(=O)Nc5ccc(C6=NCCN6)cc5)cc(NC(=O)Nc5ccc(C6=NCCN6)cc5)c4)nn3)c(O)c2)SC1=Nc1ccccc1.O=C(O)C(F)(F)F. The van der Waals surface area contributed by atoms with Gasteiger partial charge in [-0.15, -0.1) is 5.10 Å². The van der Waals surface area contributed by atoms with Crippen molar-refractivity contribution in [1.29, 1.82) is 0 Å². The fourth-order valence-electron chi connectivity index (χ4n) is 7.96. The van der Waals surface area contributed by atoms with Gasteiger partial charge < -0.3 is 62.0 Å². The average molecular weight is 1160 g/mol. The number of aliphatic imine (C=N–C) groups is 3. The van der Waals surface area contributed by atoms with Crippen molar-refractivity contribution in [2.75, 3.05) is 60.7 Å². The molecule has 0 atom stereocenters. The maximum Gasteiger partial charge on any atom is 0.490 e. The van der Waals surface area contributed by atoms with Gasteiger partial charge >= 0.3 is 30.2 Å². The van der Waals surface area contributed by atoms with Crippen LogP contribution in [0.3, 0.4) is 0 Å². The Balaban J connectivity index is 0.00000121. The van der Waals surface area contributed by atoms with E-state index >= 15 is 0 Å². The van der Waals surface area contributed by atoms with Gasteiger partial charge in [0.25, 0.3) is 5.91 Å². The molecule has 0 radical (unpaired) electrons. The number of aliphatic carboxylic acids is 1. The number of amidine groups is 2. The monoisotopic (exact) mass is 1160 g/mol. The Labute approximate surface area is 475 Å². The Bertz CT molecular complexity index is 3420. The highest BCUT2D eigenvalue weighted by atomic mass is 32.2. The number of carbonyl (C=O) groups is 5. The van der Waals surface area contributed by atoms with Crippen LogP contribution in [0.25, 0.3) is 6.08 Å². The predicted molar refractivity (Wildman–Crippen MR) is 307 cm³/mol. The second kappa shape index (κ2) is 27.8. The first-order valence-electron chi connectivity index (χ1n) is 25.6. The number of carboxylic acids is 1. The number of hydrogen-bond donors (Lipinski definition) is 10. The van der Waals surface area contributed by atoms with E-state index in [0.29, 0.717) is 77.4 Å². The summed E-state index contributed by atoms with van der Waals surface area (Å²) in [5.41, 5.74) is 5.14. The van der Waals surface area contributed by atoms with E-state index in [-0.39, 0.29) is 52.9 Å². The van der Waals surface area contributed by atoms with Crippen LogP contribution in [-0.4, -0.2) is 123 Å². The van der Waals surface area contributed by atoms with E-state index in [1.165, 1.54) is 24.3 Å². The van der Waals surface area contributed by atoms with Crippen LogP contribution in [0.2, 0.25) is 0 Å². The van der Waals surface area contributed by atoms with Crippen molar-refractivity contribution >= 4 is 92.9 Å². The molecule has 0 fully saturated rings. The Kier molecular flexibility index (Phi) is 19.7. The molecule has 83 heavy (non-hydrogen) atoms. The maximum absolute atomic E-state index is 13.7. The number of aromatic hydroxyl groups is 1. The van der Waals surface area contributed by atoms with Gasteiger partial charge in [-0.1, -0.05) is 41.2 Å². The fraction of sp³-hybridized carbons (Fsp3) is 0.214. The number of aliphatic hydroxyl groups is 1. The number of carboxylic acid groups (broad SMARTS) is 1. The van der Waals surface area contributed by atoms with Gasteiger partial charge in [0.05, 0.1) is 49.6 Å². The molecule has 3 aliphatic rings. The summed E-state index contributed by atoms with van der Waals surface area (Å²) in [6.07, 6.45) is -0.449. The molecule has 0 saturated carbocycles. The average Bonchev–Trinajstić information content (AvgIpc) is 4.54. The quantitative estimate of drug-likeness (QED) is 0.0268. The molecule has 5 aromatic carbocycles. The number of carbonyl (C=O) groups excluding carboxylic acids is 4. The molecule has 6 aromatic rings. The van der Waals surface area contributed by atoms with Gasteiger partial charge in [-0.3, -0.25) is 19.5 Å². The Morgan fingerprint density at radius 2 is 1.36 bits per heavy atom. The first-order valence-corrected chi connectivity index (χ1v) is 26.5. The number of ether oxygens (including phenoxy) is 2. The minimum atomic E-state index is -5.08. The summed E-state index contributed by atoms with van der Waals surface area (Å²) in [7, 11) is 0. The van der Waals surface area contributed by atoms with Crippen molar-refractivity contribution in [3.8, 4) is 11.5 Å². The number of phenolic OH excluding ortho intramolecular Hbond substituents is 1. The van der Waals surface area contributed by atoms with Crippen LogP contribution >= 0.6 is 11.8 Å². The van der Waals surface area contributed by atoms with Gasteiger partial charge in [-0.25, -0.2) is 24.2 Å². The summed E-state index contributed by atoms with van der Waals surface area (Å²) in [6.45, 7) is 5.60. The number of alkyl halides is 3. The van der Waals surface area contributed by atoms with Gasteiger partial charge in [0.1, 0.15) is 33.7 Å². The van der Waals surface area contributed by atoms with E-state index in [4.69, 9.17) is 19.4 Å². The lowest BCUT2D eigenvalue weighted by atomic mass is 10.1. The Hall–Kier alpha value is -10.2. The molecule has 1 aromatic heterocycles. The number of nitrogens with one attached hydrogen (secondary N) is 7. The van der Waals surface area contributed by atoms with E-state index in [0.717, 1.165) is 47.6 Å². The number of rotatable bonds is 19. The number of para-hydroxylation sites is 1. The second-order valence-electron chi connectivity index (χ2n) is 18.0. The van der Waals surface area contributed by atoms with Crippen LogP contribution in [0.1, 0.15) is 52.5 Å². The van der Waals surface area contributed by atoms with E-state index in [9.17, 15) is 42.6 Å². The number of amides is 5. The van der Waals surface area contributed by atoms with E-state index in [1.807, 2.05) is 42.5 Å². The summed E-state index contributed by atoms with van der Waals surface area (Å²) >= 11 is 1.12. The van der Waals surface area contributed by atoms with E-state index < -0.39 is 36.1 Å². The number of aliphatic hydroxyl groups excluding tert-OH is 1. The molecule has 5 amide bonds. The third-order valence-corrected chi connectivity index (χ3v) is 12.8. The molecule has 430 valence electrons. The number of thioether (sulfide) groups is 1. The van der Waals surface area contributed by atoms with Gasteiger partial charge in [-0.2, -0.15) is 13.2 Å². The molecular formula is C56H54F3N13O10S. The Morgan fingerprint density at radius 3 is 1.90 bits per heavy atom. The highest BCUT2D eigenvalue weighted by molar-refractivity contribution is 8.18. The molecule has 10 N–H and O–H groups in total. The minimum absolute atomic E-state index is 0.0260. The first-order chi connectivity index (χ1) is 40.0. The topological polar surface area (TPSA) is 316 Å². The van der Waals surface area contributed by atoms with E-state index in [2.05, 4.69) is 62.5 Å². The van der Waals surface area contributed by atoms with Gasteiger partial charge in [0.2, 0.25) is 0 Å². The number of unbranched alkanes of at least 4 members (excludes halogenated alkanes) is 1. The number of esters is 1. The summed E-state index contributed by atoms with van der Waals surface area (Å²) in [5.74, 6) is -2.43. The highest BCUT2D eigenvalue weighted by Gasteiger charge is 2.38. The van der Waals surface area contributed by atoms with Gasteiger partial charge in [-0.05, 0) is 122 Å². The number of hydrogen-bond acceptors (Lipinski definition) is 17. The van der Waals surface area contributed by atoms with Crippen LogP contribution in [0.4, 0.5) is 51.2 Å². The molecular weight excluding hydrogens is 1100 g/mol. The van der Waals surface area contributed by atoms with Crippen LogP contribution < -0.4 is 42.0 Å². The minimum Gasteiger partial charge on any atom is -0.506 e. The molecule has 0 aliphatic carbocycles. The van der Waals surface area contributed by atoms with Gasteiger partial charge in [0, 0.05) is 59.1 Å². The van der Waals surface area contributed by atoms with Crippen LogP contribution in [0.15, 0.2) is 153 Å². The fourth-order valence-corrected chi connectivity index (χ4v) is 9.00. The predicted octanol–water partition coefficient (Wildman–Crippen LogP) is 8.59. The number of halogens is 3. The summed E-state index contributed by atoms with van der Waals surface area (Å²) in [5, 5.41) is 58.1. The maximum atomic E-state index is 13.7. The molecule has 27 heteroatoms. The van der Waals surface area contributed by atoms with Crippen molar-refractivity contribution < 1.29 is 61.9 Å². The number of phenols is 1. The molecule has 0 saturated heterocycles. The number of nitrogens with zero attached hydrogens (tertiary/aromatic N) is 6. The lowest BCUT2D eigenvalue weighted by molar-refractivity contribution is -0.192. The van der Waals surface area contributed by atoms with E-state index in [1.54, 1.807) is 72.4 Å². The molecule has 23 nitrogen and oxygen atoms in total. The lowest BCUT2D eigenvalue weighted by Crippen LogP contribution is -2.25. The zero-order chi connectivity index (χ0) is 58.9. The standard InChI is InChI=1S/C54H53N13O8S.C2HF3O2/c1-2-74-52(71)46-47(69)45(76-51(46)60-37-8-4-3-5-9-37)27-33-10-19-44(43(68)26-33)75-25-7-6-24-67-32-42(65-66-67)31-59-50(70)36-28-40(63-53(72)61-38-15-11-34(12-16-38)48-55-20-21-56-48)30-41(29-36)64-54(73)62-39-17-13-35(14-18-39)49-57-22-23-58-49;3-2(4,5)1(6)7/h3-5,8-19,26-30,32,68-69H,2,6-7,20-25,31H2,1H3,(H,55,56)(H,57,58)(H,59,70)(H2,61,63,72)(H2,62,64,73);(H,6,7)/b45-27-,60-51?;. The van der Waals surface area contributed by atoms with Crippen molar-refractivity contribution in [3.05, 3.63) is 166 Å². The largest absolute Gasteiger partial charge is 0.506 e. The number of anilines is 4. The number of benzene rings is 5. The number of aromatic nitrogens is 3. The molecule has 9 rings (SSSR count). The number of aryl methyl sites for hydroxylation is 1. The van der Waals surface area contributed by atoms with Crippen LogP contribution in [0, 0.1) is 0 Å². The summed E-state index contributed by atoms with van der Waals surface area (Å²) in [6, 6.07) is 31.8. The highest BCUT2D eigenvalue weighted by Crippen LogP contribution is 2.41. The smallest absolute Gasteiger partial charge is 0.490 e. The third-order valence-electron chi connectivity index (χ3n) is 11.8. The zero-order valence-corrected chi connectivity index (χ0v) is 44.9. The summed E-state index contributed by atoms with van der Waals surface area (Å²) in [4.78, 5) is 75.6. The zero-order valence-electron chi connectivity index (χ0n) is 44.1. The van der Waals surface area contributed by atoms with Crippen molar-refractivity contribution in [3.63, 3.8) is 0 Å². The second-order valence-corrected chi connectivity index (χ2v) is 19.0. The molecule has 3 aliphatic heterocycles. The molecule has 4 heterocycles. The molecule has 0 spiro atoms. The lowest BCUT2D eigenvalue weighted by Gasteiger charge is -2.14. The van der Waals surface area contributed by atoms with Gasteiger partial charge in [0.15, 0.2) is 11.5 Å².